The smallest absolute Gasteiger partial charge is 0.430 e. The molecule has 1 atom stereocenters. The number of amides is 3. The number of aliphatic hydroxyl groups is 1. The molecule has 9 nitrogen and oxygen atoms in total. The summed E-state index contributed by atoms with van der Waals surface area (Å²) in [6, 6.07) is 6.37. The summed E-state index contributed by atoms with van der Waals surface area (Å²) in [5.74, 6) is 0.582. The molecule has 2 aromatic carbocycles. The van der Waals surface area contributed by atoms with Crippen molar-refractivity contribution in [2.24, 2.45) is 4.99 Å². The maximum atomic E-state index is 13.7. The second-order valence-corrected chi connectivity index (χ2v) is 10.8. The number of fused-ring (bicyclic) bond motifs is 1. The number of halogens is 6. The summed E-state index contributed by atoms with van der Waals surface area (Å²) >= 11 is 0. The Bertz CT molecular complexity index is 1620. The Hall–Kier alpha value is -4.53. The zero-order chi connectivity index (χ0) is 33.5. The average molecular weight is 654 g/mol. The molecule has 0 aromatic heterocycles. The molecule has 46 heavy (non-hydrogen) atoms. The Morgan fingerprint density at radius 2 is 1.74 bits per heavy atom. The van der Waals surface area contributed by atoms with Gasteiger partial charge in [0, 0.05) is 24.3 Å². The fraction of sp³-hybridized carbons (Fsp3) is 0.387. The number of carbonyl (C=O) groups excluding carboxylic acids is 2. The normalized spacial score (nSPS) is 20.0. The highest BCUT2D eigenvalue weighted by Crippen LogP contribution is 2.50. The molecule has 246 valence electrons. The molecule has 2 aromatic rings. The molecule has 3 aliphatic heterocycles. The van der Waals surface area contributed by atoms with Crippen molar-refractivity contribution in [2.45, 2.75) is 63.0 Å². The Kier molecular flexibility index (Phi) is 8.57. The van der Waals surface area contributed by atoms with Gasteiger partial charge in [0.1, 0.15) is 17.0 Å². The lowest BCUT2D eigenvalue weighted by Gasteiger charge is -2.33. The molecule has 1 fully saturated rings. The second kappa shape index (κ2) is 12.0. The van der Waals surface area contributed by atoms with Gasteiger partial charge in [0.2, 0.25) is 6.79 Å². The van der Waals surface area contributed by atoms with Gasteiger partial charge in [-0.2, -0.15) is 26.3 Å². The van der Waals surface area contributed by atoms with Crippen LogP contribution in [0.25, 0.3) is 0 Å². The lowest BCUT2D eigenvalue weighted by Crippen LogP contribution is -2.53. The Morgan fingerprint density at radius 3 is 2.41 bits per heavy atom. The van der Waals surface area contributed by atoms with E-state index in [1.807, 2.05) is 0 Å². The van der Waals surface area contributed by atoms with Gasteiger partial charge in [0.15, 0.2) is 11.5 Å². The van der Waals surface area contributed by atoms with E-state index in [-0.39, 0.29) is 55.4 Å². The Balaban J connectivity index is 1.40. The van der Waals surface area contributed by atoms with Gasteiger partial charge in [-0.25, -0.2) is 4.79 Å². The third-order valence-electron chi connectivity index (χ3n) is 7.94. The first-order valence-corrected chi connectivity index (χ1v) is 14.3. The Labute approximate surface area is 259 Å². The summed E-state index contributed by atoms with van der Waals surface area (Å²) in [5, 5.41) is 12.7. The molecule has 1 unspecified atom stereocenters. The number of carbonyl (C=O) groups is 2. The first kappa shape index (κ1) is 32.9. The van der Waals surface area contributed by atoms with Crippen LogP contribution in [0.5, 0.6) is 17.2 Å². The summed E-state index contributed by atoms with van der Waals surface area (Å²) in [7, 11) is 0. The van der Waals surface area contributed by atoms with Crippen molar-refractivity contribution in [3.63, 3.8) is 0 Å². The maximum absolute atomic E-state index is 13.7. The van der Waals surface area contributed by atoms with Gasteiger partial charge in [0.05, 0.1) is 12.3 Å². The molecule has 0 spiro atoms. The summed E-state index contributed by atoms with van der Waals surface area (Å²) in [5.41, 5.74) is -7.12. The van der Waals surface area contributed by atoms with Gasteiger partial charge in [0.25, 0.3) is 11.5 Å². The number of urea groups is 1. The van der Waals surface area contributed by atoms with Crippen LogP contribution in [0.4, 0.5) is 31.1 Å². The molecule has 0 bridgehead atoms. The fourth-order valence-corrected chi connectivity index (χ4v) is 5.49. The predicted molar refractivity (Wildman–Crippen MR) is 151 cm³/mol. The van der Waals surface area contributed by atoms with Crippen molar-refractivity contribution >= 4 is 17.6 Å². The molecule has 5 rings (SSSR count). The largest absolute Gasteiger partial charge is 0.461 e. The number of alkyl halides is 6. The number of hydrogen-bond donors (Lipinski definition) is 2. The monoisotopic (exact) mass is 653 g/mol. The van der Waals surface area contributed by atoms with E-state index in [4.69, 9.17) is 14.2 Å². The van der Waals surface area contributed by atoms with Crippen molar-refractivity contribution in [1.29, 1.82) is 0 Å². The standard InChI is InChI=1S/C31H29F6N3O6/c1-3-6-18-13-20(29(43,30(32,33)34)31(35,36)37)9-10-23(18)46-22-7-5-12-38-21(15-22)16-40-26(41)28(4-2,39-27(40)42)19-8-11-24-25(14-19)45-17-44-24/h5,8-15,43H,3-4,6-7,16-17H2,1-2H3,(H,39,42). The quantitative estimate of drug-likeness (QED) is 0.248. The van der Waals surface area contributed by atoms with Crippen molar-refractivity contribution in [3.8, 4) is 17.2 Å². The second-order valence-electron chi connectivity index (χ2n) is 10.8. The van der Waals surface area contributed by atoms with E-state index in [0.29, 0.717) is 35.6 Å². The maximum Gasteiger partial charge on any atom is 0.430 e. The van der Waals surface area contributed by atoms with Crippen LogP contribution >= 0.6 is 0 Å². The molecule has 3 amide bonds. The average Bonchev–Trinajstić information content (AvgIpc) is 3.47. The number of benzene rings is 2. The molecule has 0 radical (unpaired) electrons. The van der Waals surface area contributed by atoms with E-state index in [2.05, 4.69) is 10.3 Å². The topological polar surface area (TPSA) is 110 Å². The van der Waals surface area contributed by atoms with E-state index in [1.165, 1.54) is 12.3 Å². The zero-order valence-corrected chi connectivity index (χ0v) is 24.6. The van der Waals surface area contributed by atoms with Gasteiger partial charge in [-0.1, -0.05) is 38.5 Å². The minimum atomic E-state index is -6.03. The minimum absolute atomic E-state index is 0.00472. The molecule has 2 N–H and O–H groups in total. The van der Waals surface area contributed by atoms with E-state index in [0.717, 1.165) is 11.0 Å². The molecule has 0 aliphatic carbocycles. The zero-order valence-electron chi connectivity index (χ0n) is 24.6. The SMILES string of the molecule is CCCc1cc(C(O)(C(F)(F)F)C(F)(F)F)ccc1OC1=CC(CN2C(=O)NC(CC)(c3ccc4c(c3)OCO4)C2=O)=NC=CC1. The number of ether oxygens (including phenoxy) is 3. The van der Waals surface area contributed by atoms with Crippen LogP contribution in [-0.2, 0) is 22.4 Å². The summed E-state index contributed by atoms with van der Waals surface area (Å²) < 4.78 is 97.8. The highest BCUT2D eigenvalue weighted by molar-refractivity contribution is 6.11. The molecule has 0 saturated carbocycles. The summed E-state index contributed by atoms with van der Waals surface area (Å²) in [4.78, 5) is 32.1. The number of imide groups is 1. The molecule has 1 saturated heterocycles. The van der Waals surface area contributed by atoms with Gasteiger partial charge in [-0.3, -0.25) is 14.7 Å². The van der Waals surface area contributed by atoms with Crippen molar-refractivity contribution in [2.75, 3.05) is 13.3 Å². The van der Waals surface area contributed by atoms with Gasteiger partial charge in [-0.05, 0) is 48.2 Å². The van der Waals surface area contributed by atoms with Crippen LogP contribution in [0.15, 0.2) is 65.5 Å². The van der Waals surface area contributed by atoms with Crippen LogP contribution in [-0.4, -0.2) is 53.3 Å². The highest BCUT2D eigenvalue weighted by atomic mass is 19.4. The van der Waals surface area contributed by atoms with Gasteiger partial charge in [-0.15, -0.1) is 0 Å². The number of aryl methyl sites for hydroxylation is 1. The summed E-state index contributed by atoms with van der Waals surface area (Å²) in [6.45, 7) is 3.18. The van der Waals surface area contributed by atoms with Crippen LogP contribution in [0.3, 0.4) is 0 Å². The first-order chi connectivity index (χ1) is 21.6. The minimum Gasteiger partial charge on any atom is -0.461 e. The highest BCUT2D eigenvalue weighted by Gasteiger charge is 2.71. The third-order valence-corrected chi connectivity index (χ3v) is 7.94. The van der Waals surface area contributed by atoms with Crippen LogP contribution in [0, 0.1) is 0 Å². The number of nitrogens with one attached hydrogen (secondary N) is 1. The molecular formula is C31H29F6N3O6. The molecule has 3 heterocycles. The van der Waals surface area contributed by atoms with Crippen molar-refractivity contribution in [1.82, 2.24) is 10.2 Å². The van der Waals surface area contributed by atoms with Crippen molar-refractivity contribution in [3.05, 3.63) is 77.2 Å². The van der Waals surface area contributed by atoms with Gasteiger partial charge < -0.3 is 24.6 Å². The van der Waals surface area contributed by atoms with E-state index >= 15 is 0 Å². The van der Waals surface area contributed by atoms with E-state index in [9.17, 15) is 41.0 Å². The number of allylic oxidation sites excluding steroid dienone is 1. The van der Waals surface area contributed by atoms with Crippen LogP contribution in [0.2, 0.25) is 0 Å². The number of rotatable bonds is 9. The fourth-order valence-electron chi connectivity index (χ4n) is 5.49. The molecule has 3 aliphatic rings. The number of aliphatic imine (C=N–C) groups is 1. The van der Waals surface area contributed by atoms with E-state index < -0.39 is 41.0 Å². The lowest BCUT2D eigenvalue weighted by molar-refractivity contribution is -0.376. The Morgan fingerprint density at radius 1 is 1.02 bits per heavy atom. The predicted octanol–water partition coefficient (Wildman–Crippen LogP) is 6.16. The van der Waals surface area contributed by atoms with Crippen molar-refractivity contribution < 1.29 is 55.2 Å². The van der Waals surface area contributed by atoms with Crippen LogP contribution in [0.1, 0.15) is 49.8 Å². The number of hydrogen-bond acceptors (Lipinski definition) is 7. The molecule has 15 heteroatoms. The molecular weight excluding hydrogens is 624 g/mol. The summed E-state index contributed by atoms with van der Waals surface area (Å²) in [6.07, 6.45) is -6.87. The van der Waals surface area contributed by atoms with Crippen LogP contribution < -0.4 is 19.5 Å². The van der Waals surface area contributed by atoms with E-state index in [1.54, 1.807) is 38.1 Å². The lowest BCUT2D eigenvalue weighted by atomic mass is 9.87. The number of nitrogens with zero attached hydrogens (tertiary/aromatic N) is 2. The third kappa shape index (κ3) is 5.67. The first-order valence-electron chi connectivity index (χ1n) is 14.3. The van der Waals surface area contributed by atoms with Gasteiger partial charge >= 0.3 is 18.4 Å².